The van der Waals surface area contributed by atoms with Crippen LogP contribution in [0.15, 0.2) is 70.7 Å². The van der Waals surface area contributed by atoms with Gasteiger partial charge in [0.25, 0.3) is 0 Å². The molecule has 0 aliphatic carbocycles. The number of thioether (sulfide) groups is 1. The predicted octanol–water partition coefficient (Wildman–Crippen LogP) is 6.91. The molecule has 35 heavy (non-hydrogen) atoms. The van der Waals surface area contributed by atoms with Crippen LogP contribution in [0.5, 0.6) is 0 Å². The lowest BCUT2D eigenvalue weighted by atomic mass is 9.97. The minimum Gasteiger partial charge on any atom is -0.306 e. The van der Waals surface area contributed by atoms with E-state index in [2.05, 4.69) is 10.4 Å². The van der Waals surface area contributed by atoms with Crippen molar-refractivity contribution in [3.05, 3.63) is 72.0 Å². The van der Waals surface area contributed by atoms with Crippen LogP contribution in [0.25, 0.3) is 22.3 Å². The van der Waals surface area contributed by atoms with E-state index in [0.29, 0.717) is 27.8 Å². The third kappa shape index (κ3) is 5.30. The van der Waals surface area contributed by atoms with Crippen LogP contribution in [0, 0.1) is 17.1 Å². The summed E-state index contributed by atoms with van der Waals surface area (Å²) >= 11 is 1.40. The van der Waals surface area contributed by atoms with Gasteiger partial charge in [0, 0.05) is 22.4 Å². The summed E-state index contributed by atoms with van der Waals surface area (Å²) in [5, 5.41) is 15.8. The van der Waals surface area contributed by atoms with Crippen molar-refractivity contribution < 1.29 is 22.4 Å². The molecule has 2 amide bonds. The van der Waals surface area contributed by atoms with Crippen molar-refractivity contribution in [2.45, 2.75) is 17.5 Å². The van der Waals surface area contributed by atoms with Gasteiger partial charge in [-0.15, -0.1) is 11.8 Å². The highest BCUT2D eigenvalue weighted by Crippen LogP contribution is 2.35. The normalized spacial score (nSPS) is 13.4. The van der Waals surface area contributed by atoms with Gasteiger partial charge in [0.2, 0.25) is 0 Å². The van der Waals surface area contributed by atoms with Crippen LogP contribution in [0.2, 0.25) is 0 Å². The smallest absolute Gasteiger partial charge is 0.306 e. The predicted molar refractivity (Wildman–Crippen MR) is 128 cm³/mol. The number of benzene rings is 3. The molecule has 0 bridgehead atoms. The van der Waals surface area contributed by atoms with Gasteiger partial charge in [-0.25, -0.2) is 14.2 Å². The van der Waals surface area contributed by atoms with Gasteiger partial charge in [-0.2, -0.15) is 23.5 Å². The second-order valence-corrected chi connectivity index (χ2v) is 8.52. The lowest BCUT2D eigenvalue weighted by molar-refractivity contribution is -0.0600. The number of nitrogens with one attached hydrogen (secondary N) is 1. The summed E-state index contributed by atoms with van der Waals surface area (Å²) < 4.78 is 53.6. The van der Waals surface area contributed by atoms with Gasteiger partial charge in [0.05, 0.1) is 23.9 Å². The molecular weight excluding hydrogens is 480 g/mol. The number of nitriles is 1. The Morgan fingerprint density at radius 1 is 1.06 bits per heavy atom. The van der Waals surface area contributed by atoms with Gasteiger partial charge in [0.1, 0.15) is 11.5 Å². The van der Waals surface area contributed by atoms with Gasteiger partial charge in [-0.05, 0) is 47.7 Å². The van der Waals surface area contributed by atoms with E-state index in [0.717, 1.165) is 9.90 Å². The fraction of sp³-hybridized carbons (Fsp3) is 0.160. The van der Waals surface area contributed by atoms with Gasteiger partial charge in [0.15, 0.2) is 0 Å². The van der Waals surface area contributed by atoms with E-state index >= 15 is 0 Å². The number of halogens is 4. The molecule has 0 unspecified atom stereocenters. The molecule has 3 aromatic rings. The minimum absolute atomic E-state index is 0.211. The first kappa shape index (κ1) is 24.3. The largest absolute Gasteiger partial charge is 0.431 e. The highest BCUT2D eigenvalue weighted by molar-refractivity contribution is 7.98. The first-order valence-corrected chi connectivity index (χ1v) is 11.6. The zero-order valence-corrected chi connectivity index (χ0v) is 19.2. The Morgan fingerprint density at radius 3 is 2.34 bits per heavy atom. The number of hydrazone groups is 1. The standard InChI is InChI=1S/C25H18F4N4OS/c1-35-18-7-9-19(21(26)13-18)17-6-8-20(16-4-2-15(14-30)3-5-16)22(12-17)31-24(34)33-11-10-23(32-33)25(27,28)29/h2-9,12-13H,10-11H2,1H3,(H,31,34). The van der Waals surface area contributed by atoms with Crippen molar-refractivity contribution in [2.75, 3.05) is 18.1 Å². The Morgan fingerprint density at radius 2 is 1.74 bits per heavy atom. The zero-order chi connectivity index (χ0) is 25.2. The fourth-order valence-electron chi connectivity index (χ4n) is 3.63. The van der Waals surface area contributed by atoms with E-state index in [-0.39, 0.29) is 12.2 Å². The van der Waals surface area contributed by atoms with E-state index in [9.17, 15) is 22.4 Å². The topological polar surface area (TPSA) is 68.5 Å². The number of amides is 2. The van der Waals surface area contributed by atoms with Crippen LogP contribution < -0.4 is 5.32 Å². The lowest BCUT2D eigenvalue weighted by Crippen LogP contribution is -2.29. The van der Waals surface area contributed by atoms with Gasteiger partial charge in [-0.1, -0.05) is 30.3 Å². The molecule has 178 valence electrons. The molecular formula is C25H18F4N4OS. The summed E-state index contributed by atoms with van der Waals surface area (Å²) in [6.45, 7) is -0.211. The molecule has 1 aliphatic heterocycles. The van der Waals surface area contributed by atoms with Crippen LogP contribution in [0.3, 0.4) is 0 Å². The molecule has 1 aliphatic rings. The summed E-state index contributed by atoms with van der Waals surface area (Å²) in [6.07, 6.45) is -3.17. The minimum atomic E-state index is -4.61. The molecule has 10 heteroatoms. The Labute approximate surface area is 203 Å². The molecule has 5 nitrogen and oxygen atoms in total. The maximum absolute atomic E-state index is 14.8. The van der Waals surface area contributed by atoms with Crippen molar-refractivity contribution >= 4 is 29.2 Å². The number of rotatable bonds is 4. The van der Waals surface area contributed by atoms with E-state index in [4.69, 9.17) is 5.26 Å². The van der Waals surface area contributed by atoms with Gasteiger partial charge < -0.3 is 5.32 Å². The molecule has 1 N–H and O–H groups in total. The Bertz CT molecular complexity index is 1350. The maximum Gasteiger partial charge on any atom is 0.431 e. The van der Waals surface area contributed by atoms with Crippen LogP contribution in [0.4, 0.5) is 28.0 Å². The van der Waals surface area contributed by atoms with Crippen LogP contribution in [0.1, 0.15) is 12.0 Å². The number of carbonyl (C=O) groups excluding carboxylic acids is 1. The fourth-order valence-corrected chi connectivity index (χ4v) is 4.06. The Hall–Kier alpha value is -3.84. The third-order valence-corrected chi connectivity index (χ3v) is 6.16. The number of carbonyl (C=O) groups is 1. The van der Waals surface area contributed by atoms with Crippen LogP contribution >= 0.6 is 11.8 Å². The summed E-state index contributed by atoms with van der Waals surface area (Å²) in [5.74, 6) is -0.445. The summed E-state index contributed by atoms with van der Waals surface area (Å²) in [7, 11) is 0. The van der Waals surface area contributed by atoms with Crippen LogP contribution in [-0.2, 0) is 0 Å². The molecule has 1 heterocycles. The number of nitrogens with zero attached hydrogens (tertiary/aromatic N) is 3. The van der Waals surface area contributed by atoms with Gasteiger partial charge in [-0.3, -0.25) is 0 Å². The monoisotopic (exact) mass is 498 g/mol. The molecule has 4 rings (SSSR count). The molecule has 0 atom stereocenters. The number of hydrogen-bond acceptors (Lipinski definition) is 4. The average Bonchev–Trinajstić information content (AvgIpc) is 3.35. The summed E-state index contributed by atoms with van der Waals surface area (Å²) in [4.78, 5) is 13.5. The van der Waals surface area contributed by atoms with Gasteiger partial charge >= 0.3 is 12.2 Å². The zero-order valence-electron chi connectivity index (χ0n) is 18.4. The molecule has 0 spiro atoms. The Balaban J connectivity index is 1.73. The summed E-state index contributed by atoms with van der Waals surface area (Å²) in [5.41, 5.74) is 1.67. The first-order chi connectivity index (χ1) is 16.7. The SMILES string of the molecule is CSc1ccc(-c2ccc(-c3ccc(C#N)cc3)c(NC(=O)N3CCC(C(F)(F)F)=N3)c2)c(F)c1. The molecule has 0 saturated heterocycles. The number of alkyl halides is 3. The first-order valence-electron chi connectivity index (χ1n) is 10.4. The molecule has 0 radical (unpaired) electrons. The second kappa shape index (κ2) is 9.80. The molecule has 3 aromatic carbocycles. The van der Waals surface area contributed by atoms with Crippen LogP contribution in [-0.4, -0.2) is 35.7 Å². The quantitative estimate of drug-likeness (QED) is 0.314. The second-order valence-electron chi connectivity index (χ2n) is 7.64. The van der Waals surface area contributed by atoms with Crippen molar-refractivity contribution in [1.29, 1.82) is 5.26 Å². The highest BCUT2D eigenvalue weighted by Gasteiger charge is 2.40. The maximum atomic E-state index is 14.8. The van der Waals surface area contributed by atoms with E-state index < -0.39 is 30.2 Å². The third-order valence-electron chi connectivity index (χ3n) is 5.44. The average molecular weight is 499 g/mol. The Kier molecular flexibility index (Phi) is 6.80. The molecule has 0 fully saturated rings. The van der Waals surface area contributed by atoms with Crippen molar-refractivity contribution in [3.8, 4) is 28.3 Å². The van der Waals surface area contributed by atoms with E-state index in [1.165, 1.54) is 17.8 Å². The van der Waals surface area contributed by atoms with Crippen molar-refractivity contribution in [3.63, 3.8) is 0 Å². The van der Waals surface area contributed by atoms with Crippen molar-refractivity contribution in [1.82, 2.24) is 5.01 Å². The molecule has 0 saturated carbocycles. The number of hydrogen-bond donors (Lipinski definition) is 1. The summed E-state index contributed by atoms with van der Waals surface area (Å²) in [6, 6.07) is 17.5. The van der Waals surface area contributed by atoms with E-state index in [1.54, 1.807) is 54.6 Å². The molecule has 0 aromatic heterocycles. The number of anilines is 1. The highest BCUT2D eigenvalue weighted by atomic mass is 32.2. The lowest BCUT2D eigenvalue weighted by Gasteiger charge is -2.17. The number of urea groups is 1. The van der Waals surface area contributed by atoms with Crippen molar-refractivity contribution in [2.24, 2.45) is 5.10 Å². The van der Waals surface area contributed by atoms with E-state index in [1.807, 2.05) is 12.3 Å².